The van der Waals surface area contributed by atoms with Crippen molar-refractivity contribution in [2.75, 3.05) is 6.54 Å². The van der Waals surface area contributed by atoms with Gasteiger partial charge in [-0.3, -0.25) is 4.79 Å². The normalized spacial score (nSPS) is 20.5. The number of aromatic amines is 1. The lowest BCUT2D eigenvalue weighted by atomic mass is 10.1. The second kappa shape index (κ2) is 4.00. The largest absolute Gasteiger partial charge is 0.354 e. The number of carbonyl (C=O) groups is 1. The van der Waals surface area contributed by atoms with Gasteiger partial charge in [0.1, 0.15) is 6.04 Å². The van der Waals surface area contributed by atoms with Crippen LogP contribution in [0.25, 0.3) is 11.0 Å². The summed E-state index contributed by atoms with van der Waals surface area (Å²) in [6.07, 6.45) is 1.85. The zero-order valence-electron chi connectivity index (χ0n) is 9.27. The summed E-state index contributed by atoms with van der Waals surface area (Å²) in [5.41, 5.74) is 1.98. The summed E-state index contributed by atoms with van der Waals surface area (Å²) in [4.78, 5) is 15.0. The molecule has 88 valence electrons. The molecule has 1 aliphatic rings. The molecule has 1 aliphatic heterocycles. The number of nitrogens with one attached hydrogen (secondary N) is 2. The smallest absolute Gasteiger partial charge is 0.243 e. The van der Waals surface area contributed by atoms with Gasteiger partial charge in [-0.1, -0.05) is 12.1 Å². The fourth-order valence-corrected chi connectivity index (χ4v) is 2.72. The van der Waals surface area contributed by atoms with E-state index in [4.69, 9.17) is 12.2 Å². The standard InChI is InChI=1S/C12H13N3OS/c16-11-10(6-3-7-13-11)15-9-5-2-1-4-8(9)14-12(15)17/h1-2,4-5,10H,3,6-7H2,(H,13,16)(H,14,17). The first kappa shape index (κ1) is 10.5. The van der Waals surface area contributed by atoms with Gasteiger partial charge in [-0.05, 0) is 37.2 Å². The van der Waals surface area contributed by atoms with Gasteiger partial charge in [-0.2, -0.15) is 0 Å². The van der Waals surface area contributed by atoms with Crippen molar-refractivity contribution in [3.05, 3.63) is 29.0 Å². The van der Waals surface area contributed by atoms with Crippen LogP contribution in [-0.2, 0) is 4.79 Å². The highest BCUT2D eigenvalue weighted by Crippen LogP contribution is 2.24. The molecular weight excluding hydrogens is 234 g/mol. The Morgan fingerprint density at radius 1 is 1.35 bits per heavy atom. The average Bonchev–Trinajstić information content (AvgIpc) is 2.66. The Labute approximate surface area is 104 Å². The number of carbonyl (C=O) groups excluding carboxylic acids is 1. The van der Waals surface area contributed by atoms with E-state index >= 15 is 0 Å². The molecule has 1 atom stereocenters. The lowest BCUT2D eigenvalue weighted by molar-refractivity contribution is -0.125. The molecule has 5 heteroatoms. The van der Waals surface area contributed by atoms with Crippen LogP contribution in [0.1, 0.15) is 18.9 Å². The van der Waals surface area contributed by atoms with Crippen molar-refractivity contribution in [1.29, 1.82) is 0 Å². The Bertz CT molecular complexity index is 628. The fourth-order valence-electron chi connectivity index (χ4n) is 2.39. The zero-order valence-corrected chi connectivity index (χ0v) is 10.1. The minimum absolute atomic E-state index is 0.0668. The zero-order chi connectivity index (χ0) is 11.8. The third kappa shape index (κ3) is 1.67. The number of para-hydroxylation sites is 2. The number of imidazole rings is 1. The van der Waals surface area contributed by atoms with Crippen molar-refractivity contribution < 1.29 is 4.79 Å². The predicted molar refractivity (Wildman–Crippen MR) is 68.4 cm³/mol. The molecule has 2 aromatic rings. The summed E-state index contributed by atoms with van der Waals surface area (Å²) in [5.74, 6) is 0.0668. The number of nitrogens with zero attached hydrogens (tertiary/aromatic N) is 1. The van der Waals surface area contributed by atoms with Crippen LogP contribution in [0.5, 0.6) is 0 Å². The lowest BCUT2D eigenvalue weighted by Crippen LogP contribution is -2.37. The van der Waals surface area contributed by atoms with Crippen molar-refractivity contribution in [1.82, 2.24) is 14.9 Å². The van der Waals surface area contributed by atoms with E-state index < -0.39 is 0 Å². The Hall–Kier alpha value is -1.62. The SMILES string of the molecule is O=C1NCCCC1n1c(=S)[nH]c2ccccc21. The van der Waals surface area contributed by atoms with E-state index in [1.54, 1.807) is 0 Å². The maximum atomic E-state index is 11.9. The number of aromatic nitrogens is 2. The first-order valence-electron chi connectivity index (χ1n) is 5.74. The van der Waals surface area contributed by atoms with Crippen LogP contribution in [0.2, 0.25) is 0 Å². The van der Waals surface area contributed by atoms with Gasteiger partial charge in [0.05, 0.1) is 11.0 Å². The molecule has 1 saturated heterocycles. The van der Waals surface area contributed by atoms with Crippen LogP contribution in [0.15, 0.2) is 24.3 Å². The highest BCUT2D eigenvalue weighted by Gasteiger charge is 2.25. The fraction of sp³-hybridized carbons (Fsp3) is 0.333. The summed E-state index contributed by atoms with van der Waals surface area (Å²) in [6.45, 7) is 0.769. The van der Waals surface area contributed by atoms with Crippen molar-refractivity contribution >= 4 is 29.2 Å². The highest BCUT2D eigenvalue weighted by molar-refractivity contribution is 7.71. The Morgan fingerprint density at radius 3 is 3.00 bits per heavy atom. The maximum Gasteiger partial charge on any atom is 0.243 e. The van der Waals surface area contributed by atoms with Gasteiger partial charge < -0.3 is 14.9 Å². The van der Waals surface area contributed by atoms with Crippen molar-refractivity contribution in [2.45, 2.75) is 18.9 Å². The topological polar surface area (TPSA) is 49.8 Å². The third-order valence-electron chi connectivity index (χ3n) is 3.19. The van der Waals surface area contributed by atoms with E-state index in [9.17, 15) is 4.79 Å². The molecule has 1 fully saturated rings. The van der Waals surface area contributed by atoms with Gasteiger partial charge in [0.15, 0.2) is 4.77 Å². The van der Waals surface area contributed by atoms with Crippen molar-refractivity contribution in [2.24, 2.45) is 0 Å². The molecule has 3 rings (SSSR count). The van der Waals surface area contributed by atoms with Crippen LogP contribution in [0.3, 0.4) is 0 Å². The number of hydrogen-bond acceptors (Lipinski definition) is 2. The molecule has 2 heterocycles. The quantitative estimate of drug-likeness (QED) is 0.759. The number of benzene rings is 1. The molecule has 0 bridgehead atoms. The molecular formula is C12H13N3OS. The lowest BCUT2D eigenvalue weighted by Gasteiger charge is -2.23. The van der Waals surface area contributed by atoms with E-state index in [-0.39, 0.29) is 11.9 Å². The van der Waals surface area contributed by atoms with Crippen LogP contribution in [0, 0.1) is 4.77 Å². The van der Waals surface area contributed by atoms with Crippen LogP contribution < -0.4 is 5.32 Å². The molecule has 0 spiro atoms. The van der Waals surface area contributed by atoms with Crippen molar-refractivity contribution in [3.63, 3.8) is 0 Å². The molecule has 2 N–H and O–H groups in total. The van der Waals surface area contributed by atoms with Gasteiger partial charge in [0.2, 0.25) is 5.91 Å². The summed E-state index contributed by atoms with van der Waals surface area (Å²) in [5, 5.41) is 2.89. The summed E-state index contributed by atoms with van der Waals surface area (Å²) in [6, 6.07) is 7.71. The van der Waals surface area contributed by atoms with Crippen molar-refractivity contribution in [3.8, 4) is 0 Å². The molecule has 4 nitrogen and oxygen atoms in total. The number of rotatable bonds is 1. The van der Waals surface area contributed by atoms with E-state index in [0.29, 0.717) is 4.77 Å². The summed E-state index contributed by atoms with van der Waals surface area (Å²) in [7, 11) is 0. The van der Waals surface area contributed by atoms with Gasteiger partial charge >= 0.3 is 0 Å². The number of hydrogen-bond donors (Lipinski definition) is 2. The van der Waals surface area contributed by atoms with E-state index in [2.05, 4.69) is 10.3 Å². The molecule has 0 saturated carbocycles. The Morgan fingerprint density at radius 2 is 2.18 bits per heavy atom. The monoisotopic (exact) mass is 247 g/mol. The first-order chi connectivity index (χ1) is 8.27. The van der Waals surface area contributed by atoms with Gasteiger partial charge in [-0.25, -0.2) is 0 Å². The second-order valence-corrected chi connectivity index (χ2v) is 4.65. The molecule has 17 heavy (non-hydrogen) atoms. The molecule has 0 radical (unpaired) electrons. The second-order valence-electron chi connectivity index (χ2n) is 4.27. The molecule has 1 aromatic carbocycles. The third-order valence-corrected chi connectivity index (χ3v) is 3.49. The Balaban J connectivity index is 2.19. The molecule has 0 aliphatic carbocycles. The van der Waals surface area contributed by atoms with E-state index in [0.717, 1.165) is 30.4 Å². The number of amides is 1. The van der Waals surface area contributed by atoms with Crippen LogP contribution >= 0.6 is 12.2 Å². The van der Waals surface area contributed by atoms with E-state index in [1.807, 2.05) is 28.8 Å². The predicted octanol–water partition coefficient (Wildman–Crippen LogP) is 2.15. The minimum atomic E-state index is -0.174. The minimum Gasteiger partial charge on any atom is -0.354 e. The van der Waals surface area contributed by atoms with Crippen LogP contribution in [-0.4, -0.2) is 22.0 Å². The van der Waals surface area contributed by atoms with Gasteiger partial charge in [-0.15, -0.1) is 0 Å². The summed E-state index contributed by atoms with van der Waals surface area (Å²) < 4.78 is 2.55. The van der Waals surface area contributed by atoms with Gasteiger partial charge in [0, 0.05) is 6.54 Å². The van der Waals surface area contributed by atoms with E-state index in [1.165, 1.54) is 0 Å². The molecule has 1 amide bonds. The number of piperidine rings is 1. The first-order valence-corrected chi connectivity index (χ1v) is 6.15. The number of H-pyrrole nitrogens is 1. The number of fused-ring (bicyclic) bond motifs is 1. The van der Waals surface area contributed by atoms with Gasteiger partial charge in [0.25, 0.3) is 0 Å². The summed E-state index contributed by atoms with van der Waals surface area (Å²) >= 11 is 5.31. The van der Waals surface area contributed by atoms with Crippen LogP contribution in [0.4, 0.5) is 0 Å². The highest BCUT2D eigenvalue weighted by atomic mass is 32.1. The Kier molecular flexibility index (Phi) is 2.48. The molecule has 1 aromatic heterocycles. The average molecular weight is 247 g/mol. The molecule has 1 unspecified atom stereocenters. The maximum absolute atomic E-state index is 11.9.